The second-order valence-electron chi connectivity index (χ2n) is 6.54. The first-order valence-corrected chi connectivity index (χ1v) is 8.94. The minimum absolute atomic E-state index is 0.0978. The summed E-state index contributed by atoms with van der Waals surface area (Å²) in [5.74, 6) is 0.111. The Bertz CT molecular complexity index is 885. The van der Waals surface area contributed by atoms with Crippen LogP contribution in [0.5, 0.6) is 5.75 Å². The third-order valence-corrected chi connectivity index (χ3v) is 4.82. The molecule has 2 fully saturated rings. The molecule has 0 unspecified atom stereocenters. The number of nitrogens with one attached hydrogen (secondary N) is 1. The van der Waals surface area contributed by atoms with E-state index in [2.05, 4.69) is 20.4 Å². The highest BCUT2D eigenvalue weighted by Crippen LogP contribution is 2.35. The number of fused-ring (bicyclic) bond motifs is 1. The number of anilines is 1. The van der Waals surface area contributed by atoms with Crippen molar-refractivity contribution in [1.29, 1.82) is 0 Å². The maximum atomic E-state index is 12.2. The van der Waals surface area contributed by atoms with Crippen molar-refractivity contribution in [3.05, 3.63) is 36.2 Å². The fourth-order valence-corrected chi connectivity index (χ4v) is 3.37. The SMILES string of the molecule is COC(=O)c1cn([C@H]2CO[C@H]3[C@@H]2OC[C@H]3OC(=O)Nc2ccc(OC)cc2)nn1. The van der Waals surface area contributed by atoms with Gasteiger partial charge in [0.05, 0.1) is 33.6 Å². The van der Waals surface area contributed by atoms with Crippen LogP contribution in [-0.2, 0) is 18.9 Å². The largest absolute Gasteiger partial charge is 0.497 e. The number of aromatic nitrogens is 3. The van der Waals surface area contributed by atoms with Gasteiger partial charge in [0.1, 0.15) is 24.0 Å². The molecule has 0 aliphatic carbocycles. The molecule has 11 heteroatoms. The number of hydrogen-bond donors (Lipinski definition) is 1. The zero-order valence-corrected chi connectivity index (χ0v) is 15.8. The summed E-state index contributed by atoms with van der Waals surface area (Å²) in [5, 5.41) is 10.4. The number of esters is 1. The number of amides is 1. The molecular weight excluding hydrogens is 384 g/mol. The Balaban J connectivity index is 1.35. The van der Waals surface area contributed by atoms with Crippen LogP contribution in [0, 0.1) is 0 Å². The molecule has 154 valence electrons. The van der Waals surface area contributed by atoms with Gasteiger partial charge >= 0.3 is 12.1 Å². The second kappa shape index (κ2) is 8.05. The molecule has 0 saturated carbocycles. The third kappa shape index (κ3) is 3.87. The zero-order valence-electron chi connectivity index (χ0n) is 15.8. The van der Waals surface area contributed by atoms with Crippen molar-refractivity contribution in [2.45, 2.75) is 24.4 Å². The van der Waals surface area contributed by atoms with E-state index in [0.717, 1.165) is 0 Å². The van der Waals surface area contributed by atoms with Crippen LogP contribution in [0.15, 0.2) is 30.5 Å². The first-order valence-electron chi connectivity index (χ1n) is 8.94. The number of carbonyl (C=O) groups is 2. The molecule has 4 atom stereocenters. The molecule has 0 radical (unpaired) electrons. The summed E-state index contributed by atoms with van der Waals surface area (Å²) in [6, 6.07) is 6.59. The summed E-state index contributed by atoms with van der Waals surface area (Å²) >= 11 is 0. The first kappa shape index (κ1) is 19.2. The van der Waals surface area contributed by atoms with E-state index >= 15 is 0 Å². The monoisotopic (exact) mass is 404 g/mol. The van der Waals surface area contributed by atoms with E-state index in [1.165, 1.54) is 18.0 Å². The van der Waals surface area contributed by atoms with Crippen LogP contribution < -0.4 is 10.1 Å². The van der Waals surface area contributed by atoms with Gasteiger partial charge in [0, 0.05) is 5.69 Å². The lowest BCUT2D eigenvalue weighted by molar-refractivity contribution is 0.00770. The molecule has 11 nitrogen and oxygen atoms in total. The quantitative estimate of drug-likeness (QED) is 0.728. The Hall–Kier alpha value is -3.18. The maximum Gasteiger partial charge on any atom is 0.412 e. The zero-order chi connectivity index (χ0) is 20.4. The lowest BCUT2D eigenvalue weighted by Crippen LogP contribution is -2.34. The standard InChI is InChI=1S/C18H20N4O7/c1-25-11-5-3-10(4-6-11)19-18(24)29-14-9-28-15-13(8-27-16(14)15)22-7-12(20-21-22)17(23)26-2/h3-7,13-16H,8-9H2,1-2H3,(H,19,24)/t13-,14+,15+,16+/m0/s1. The number of rotatable bonds is 5. The van der Waals surface area contributed by atoms with E-state index in [-0.39, 0.29) is 24.4 Å². The van der Waals surface area contributed by atoms with Gasteiger partial charge in [-0.1, -0.05) is 5.21 Å². The second-order valence-corrected chi connectivity index (χ2v) is 6.54. The Kier molecular flexibility index (Phi) is 5.32. The highest BCUT2D eigenvalue weighted by Gasteiger charge is 2.50. The van der Waals surface area contributed by atoms with Crippen LogP contribution in [0.4, 0.5) is 10.5 Å². The van der Waals surface area contributed by atoms with Crippen molar-refractivity contribution in [2.75, 3.05) is 32.8 Å². The van der Waals surface area contributed by atoms with Gasteiger partial charge in [0.25, 0.3) is 0 Å². The average Bonchev–Trinajstić information content (AvgIpc) is 3.45. The summed E-state index contributed by atoms with van der Waals surface area (Å²) in [5.41, 5.74) is 0.676. The van der Waals surface area contributed by atoms with Crippen molar-refractivity contribution in [3.8, 4) is 5.75 Å². The van der Waals surface area contributed by atoms with E-state index < -0.39 is 24.3 Å². The van der Waals surface area contributed by atoms with E-state index in [4.69, 9.17) is 18.9 Å². The molecule has 2 aliphatic heterocycles. The highest BCUT2D eigenvalue weighted by atomic mass is 16.6. The Morgan fingerprint density at radius 2 is 1.90 bits per heavy atom. The molecule has 1 amide bonds. The molecule has 2 aromatic rings. The molecule has 2 aliphatic rings. The van der Waals surface area contributed by atoms with Gasteiger partial charge < -0.3 is 23.7 Å². The summed E-state index contributed by atoms with van der Waals surface area (Å²) in [7, 11) is 2.84. The number of ether oxygens (including phenoxy) is 5. The van der Waals surface area contributed by atoms with Crippen LogP contribution >= 0.6 is 0 Å². The summed E-state index contributed by atoms with van der Waals surface area (Å²) in [6.45, 7) is 0.486. The fourth-order valence-electron chi connectivity index (χ4n) is 3.37. The number of benzene rings is 1. The van der Waals surface area contributed by atoms with Crippen molar-refractivity contribution < 1.29 is 33.3 Å². The van der Waals surface area contributed by atoms with E-state index in [0.29, 0.717) is 18.0 Å². The Morgan fingerprint density at radius 1 is 1.14 bits per heavy atom. The van der Waals surface area contributed by atoms with Gasteiger partial charge in [-0.05, 0) is 24.3 Å². The van der Waals surface area contributed by atoms with Gasteiger partial charge in [-0.2, -0.15) is 0 Å². The molecule has 4 rings (SSSR count). The van der Waals surface area contributed by atoms with Crippen LogP contribution in [0.3, 0.4) is 0 Å². The van der Waals surface area contributed by atoms with E-state index in [9.17, 15) is 9.59 Å². The van der Waals surface area contributed by atoms with Crippen molar-refractivity contribution in [1.82, 2.24) is 15.0 Å². The summed E-state index contributed by atoms with van der Waals surface area (Å²) in [4.78, 5) is 23.8. The Labute approximate surface area is 165 Å². The van der Waals surface area contributed by atoms with Crippen molar-refractivity contribution in [2.24, 2.45) is 0 Å². The number of methoxy groups -OCH3 is 2. The molecule has 0 bridgehead atoms. The van der Waals surface area contributed by atoms with Crippen LogP contribution in [-0.4, -0.2) is 72.8 Å². The highest BCUT2D eigenvalue weighted by molar-refractivity contribution is 5.86. The van der Waals surface area contributed by atoms with Crippen molar-refractivity contribution in [3.63, 3.8) is 0 Å². The van der Waals surface area contributed by atoms with Gasteiger partial charge in [0.15, 0.2) is 11.8 Å². The molecule has 3 heterocycles. The predicted octanol–water partition coefficient (Wildman–Crippen LogP) is 1.03. The number of hydrogen-bond acceptors (Lipinski definition) is 9. The van der Waals surface area contributed by atoms with Crippen LogP contribution in [0.1, 0.15) is 16.5 Å². The first-order chi connectivity index (χ1) is 14.1. The third-order valence-electron chi connectivity index (χ3n) is 4.82. The lowest BCUT2D eigenvalue weighted by atomic mass is 10.1. The molecule has 1 N–H and O–H groups in total. The molecule has 29 heavy (non-hydrogen) atoms. The minimum Gasteiger partial charge on any atom is -0.497 e. The fraction of sp³-hybridized carbons (Fsp3) is 0.444. The smallest absolute Gasteiger partial charge is 0.412 e. The van der Waals surface area contributed by atoms with E-state index in [1.807, 2.05) is 0 Å². The van der Waals surface area contributed by atoms with Gasteiger partial charge in [0.2, 0.25) is 0 Å². The number of nitrogens with zero attached hydrogens (tertiary/aromatic N) is 3. The van der Waals surface area contributed by atoms with Crippen LogP contribution in [0.25, 0.3) is 0 Å². The molecule has 1 aromatic heterocycles. The Morgan fingerprint density at radius 3 is 2.62 bits per heavy atom. The van der Waals surface area contributed by atoms with Gasteiger partial charge in [-0.3, -0.25) is 5.32 Å². The van der Waals surface area contributed by atoms with Gasteiger partial charge in [-0.15, -0.1) is 5.10 Å². The van der Waals surface area contributed by atoms with Crippen LogP contribution in [0.2, 0.25) is 0 Å². The van der Waals surface area contributed by atoms with E-state index in [1.54, 1.807) is 31.4 Å². The lowest BCUT2D eigenvalue weighted by Gasteiger charge is -2.17. The summed E-state index contributed by atoms with van der Waals surface area (Å²) in [6.07, 6.45) is -0.499. The summed E-state index contributed by atoms with van der Waals surface area (Å²) < 4.78 is 28.3. The molecule has 2 saturated heterocycles. The molecule has 1 aromatic carbocycles. The van der Waals surface area contributed by atoms with Gasteiger partial charge in [-0.25, -0.2) is 14.3 Å². The average molecular weight is 404 g/mol. The normalized spacial score (nSPS) is 25.3. The maximum absolute atomic E-state index is 12.2. The molecule has 0 spiro atoms. The molecular formula is C18H20N4O7. The predicted molar refractivity (Wildman–Crippen MR) is 96.8 cm³/mol. The number of carbonyl (C=O) groups excluding carboxylic acids is 2. The topological polar surface area (TPSA) is 123 Å². The van der Waals surface area contributed by atoms with Crippen molar-refractivity contribution >= 4 is 17.7 Å². The minimum atomic E-state index is -0.606.